The third kappa shape index (κ3) is 2.79. The topological polar surface area (TPSA) is 50.4 Å². The smallest absolute Gasteiger partial charge is 0.237 e. The summed E-state index contributed by atoms with van der Waals surface area (Å²) in [5.41, 5.74) is 0. The Kier molecular flexibility index (Phi) is 4.04. The summed E-state index contributed by atoms with van der Waals surface area (Å²) in [6.07, 6.45) is 2.06. The largest absolute Gasteiger partial charge is 0.383 e. The highest BCUT2D eigenvalue weighted by atomic mass is 16.5. The molecule has 0 radical (unpaired) electrons. The van der Waals surface area contributed by atoms with E-state index in [2.05, 4.69) is 10.6 Å². The molecular weight excluding hydrogens is 156 g/mol. The van der Waals surface area contributed by atoms with Crippen LogP contribution < -0.4 is 10.6 Å². The van der Waals surface area contributed by atoms with Crippen LogP contribution in [0.1, 0.15) is 12.8 Å². The van der Waals surface area contributed by atoms with Crippen LogP contribution in [-0.2, 0) is 9.53 Å². The molecule has 0 aliphatic carbocycles. The molecule has 0 aromatic heterocycles. The van der Waals surface area contributed by atoms with Crippen molar-refractivity contribution >= 4 is 5.91 Å². The van der Waals surface area contributed by atoms with E-state index in [0.717, 1.165) is 19.4 Å². The average molecular weight is 172 g/mol. The fourth-order valence-electron chi connectivity index (χ4n) is 1.31. The van der Waals surface area contributed by atoms with Gasteiger partial charge in [-0.05, 0) is 19.4 Å². The van der Waals surface area contributed by atoms with Gasteiger partial charge < -0.3 is 15.4 Å². The second kappa shape index (κ2) is 5.11. The molecule has 0 spiro atoms. The van der Waals surface area contributed by atoms with Crippen LogP contribution in [0.4, 0.5) is 0 Å². The molecule has 1 saturated heterocycles. The maximum atomic E-state index is 11.3. The number of amides is 1. The number of hydrogen-bond acceptors (Lipinski definition) is 3. The van der Waals surface area contributed by atoms with Crippen molar-refractivity contribution in [3.63, 3.8) is 0 Å². The van der Waals surface area contributed by atoms with Crippen molar-refractivity contribution in [3.8, 4) is 0 Å². The molecule has 12 heavy (non-hydrogen) atoms. The molecule has 1 amide bonds. The predicted molar refractivity (Wildman–Crippen MR) is 45.9 cm³/mol. The Bertz CT molecular complexity index is 144. The van der Waals surface area contributed by atoms with Crippen molar-refractivity contribution in [2.75, 3.05) is 26.8 Å². The van der Waals surface area contributed by atoms with Gasteiger partial charge in [0.2, 0.25) is 5.91 Å². The fraction of sp³-hybridized carbons (Fsp3) is 0.875. The van der Waals surface area contributed by atoms with Crippen LogP contribution in [0.3, 0.4) is 0 Å². The highest BCUT2D eigenvalue weighted by molar-refractivity contribution is 5.81. The van der Waals surface area contributed by atoms with Crippen molar-refractivity contribution in [2.45, 2.75) is 18.9 Å². The first-order chi connectivity index (χ1) is 5.84. The molecule has 1 fully saturated rings. The lowest BCUT2D eigenvalue weighted by Gasteiger charge is -2.09. The summed E-state index contributed by atoms with van der Waals surface area (Å²) < 4.78 is 4.82. The SMILES string of the molecule is COCCNC(=O)[C@@H]1CCCN1. The summed E-state index contributed by atoms with van der Waals surface area (Å²) in [5.74, 6) is 0.101. The van der Waals surface area contributed by atoms with Crippen LogP contribution in [0.25, 0.3) is 0 Å². The minimum Gasteiger partial charge on any atom is -0.383 e. The van der Waals surface area contributed by atoms with Crippen molar-refractivity contribution in [2.24, 2.45) is 0 Å². The highest BCUT2D eigenvalue weighted by Gasteiger charge is 2.20. The van der Waals surface area contributed by atoms with Gasteiger partial charge in [-0.25, -0.2) is 0 Å². The van der Waals surface area contributed by atoms with E-state index < -0.39 is 0 Å². The minimum atomic E-state index is 0.0295. The molecular formula is C8H16N2O2. The summed E-state index contributed by atoms with van der Waals surface area (Å²) in [6.45, 7) is 2.15. The first-order valence-corrected chi connectivity index (χ1v) is 4.34. The predicted octanol–water partition coefficient (Wildman–Crippen LogP) is -0.499. The molecule has 0 bridgehead atoms. The second-order valence-electron chi connectivity index (χ2n) is 2.93. The van der Waals surface area contributed by atoms with Crippen molar-refractivity contribution in [1.29, 1.82) is 0 Å². The van der Waals surface area contributed by atoms with Crippen LogP contribution >= 0.6 is 0 Å². The maximum Gasteiger partial charge on any atom is 0.237 e. The van der Waals surface area contributed by atoms with E-state index >= 15 is 0 Å². The zero-order chi connectivity index (χ0) is 8.81. The number of rotatable bonds is 4. The molecule has 0 aromatic carbocycles. The van der Waals surface area contributed by atoms with Gasteiger partial charge in [-0.15, -0.1) is 0 Å². The summed E-state index contributed by atoms with van der Waals surface area (Å²) in [7, 11) is 1.62. The quantitative estimate of drug-likeness (QED) is 0.562. The molecule has 0 aromatic rings. The Hall–Kier alpha value is -0.610. The van der Waals surface area contributed by atoms with Crippen molar-refractivity contribution in [1.82, 2.24) is 10.6 Å². The molecule has 4 nitrogen and oxygen atoms in total. The number of hydrogen-bond donors (Lipinski definition) is 2. The van der Waals surface area contributed by atoms with Gasteiger partial charge in [0.15, 0.2) is 0 Å². The highest BCUT2D eigenvalue weighted by Crippen LogP contribution is 2.03. The van der Waals surface area contributed by atoms with Crippen molar-refractivity contribution < 1.29 is 9.53 Å². The Balaban J connectivity index is 2.10. The van der Waals surface area contributed by atoms with Gasteiger partial charge in [0, 0.05) is 13.7 Å². The molecule has 1 heterocycles. The number of methoxy groups -OCH3 is 1. The van der Waals surface area contributed by atoms with E-state index in [0.29, 0.717) is 13.2 Å². The number of ether oxygens (including phenoxy) is 1. The van der Waals surface area contributed by atoms with E-state index in [9.17, 15) is 4.79 Å². The number of carbonyl (C=O) groups excluding carboxylic acids is 1. The van der Waals surface area contributed by atoms with E-state index in [1.54, 1.807) is 7.11 Å². The first-order valence-electron chi connectivity index (χ1n) is 4.34. The fourth-order valence-corrected chi connectivity index (χ4v) is 1.31. The second-order valence-corrected chi connectivity index (χ2v) is 2.93. The van der Waals surface area contributed by atoms with E-state index in [1.807, 2.05) is 0 Å². The van der Waals surface area contributed by atoms with Gasteiger partial charge in [-0.3, -0.25) is 4.79 Å². The summed E-state index contributed by atoms with van der Waals surface area (Å²) in [5, 5.41) is 5.93. The molecule has 1 aliphatic rings. The summed E-state index contributed by atoms with van der Waals surface area (Å²) >= 11 is 0. The molecule has 70 valence electrons. The van der Waals surface area contributed by atoms with Gasteiger partial charge >= 0.3 is 0 Å². The Morgan fingerprint density at radius 3 is 3.17 bits per heavy atom. The maximum absolute atomic E-state index is 11.3. The van der Waals surface area contributed by atoms with E-state index in [1.165, 1.54) is 0 Å². The lowest BCUT2D eigenvalue weighted by Crippen LogP contribution is -2.41. The van der Waals surface area contributed by atoms with Gasteiger partial charge in [-0.1, -0.05) is 0 Å². The normalized spacial score (nSPS) is 22.6. The van der Waals surface area contributed by atoms with E-state index in [-0.39, 0.29) is 11.9 Å². The van der Waals surface area contributed by atoms with Crippen LogP contribution in [-0.4, -0.2) is 38.8 Å². The van der Waals surface area contributed by atoms with Crippen LogP contribution in [0, 0.1) is 0 Å². The van der Waals surface area contributed by atoms with Crippen molar-refractivity contribution in [3.05, 3.63) is 0 Å². The Labute approximate surface area is 72.7 Å². The lowest BCUT2D eigenvalue weighted by molar-refractivity contribution is -0.122. The molecule has 1 aliphatic heterocycles. The third-order valence-electron chi connectivity index (χ3n) is 1.98. The Morgan fingerprint density at radius 2 is 2.58 bits per heavy atom. The standard InChI is InChI=1S/C8H16N2O2/c1-12-6-5-10-8(11)7-3-2-4-9-7/h7,9H,2-6H2,1H3,(H,10,11)/t7-/m0/s1. The molecule has 1 atom stereocenters. The molecule has 4 heteroatoms. The zero-order valence-corrected chi connectivity index (χ0v) is 7.43. The minimum absolute atomic E-state index is 0.0295. The van der Waals surface area contributed by atoms with Gasteiger partial charge in [0.25, 0.3) is 0 Å². The van der Waals surface area contributed by atoms with Gasteiger partial charge in [0.1, 0.15) is 0 Å². The van der Waals surface area contributed by atoms with Gasteiger partial charge in [-0.2, -0.15) is 0 Å². The molecule has 2 N–H and O–H groups in total. The average Bonchev–Trinajstić information content (AvgIpc) is 2.56. The van der Waals surface area contributed by atoms with Crippen LogP contribution in [0.5, 0.6) is 0 Å². The van der Waals surface area contributed by atoms with Crippen LogP contribution in [0.15, 0.2) is 0 Å². The monoisotopic (exact) mass is 172 g/mol. The summed E-state index contributed by atoms with van der Waals surface area (Å²) in [6, 6.07) is 0.0295. The molecule has 1 rings (SSSR count). The first kappa shape index (κ1) is 9.48. The molecule has 0 saturated carbocycles. The molecule has 0 unspecified atom stereocenters. The van der Waals surface area contributed by atoms with E-state index in [4.69, 9.17) is 4.74 Å². The Morgan fingerprint density at radius 1 is 1.75 bits per heavy atom. The van der Waals surface area contributed by atoms with Gasteiger partial charge in [0.05, 0.1) is 12.6 Å². The number of carbonyl (C=O) groups is 1. The lowest BCUT2D eigenvalue weighted by atomic mass is 10.2. The van der Waals surface area contributed by atoms with Crippen LogP contribution in [0.2, 0.25) is 0 Å². The zero-order valence-electron chi connectivity index (χ0n) is 7.43. The third-order valence-corrected chi connectivity index (χ3v) is 1.98. The summed E-state index contributed by atoms with van der Waals surface area (Å²) in [4.78, 5) is 11.3. The number of nitrogens with one attached hydrogen (secondary N) is 2.